The summed E-state index contributed by atoms with van der Waals surface area (Å²) in [5.74, 6) is -0.291. The number of aromatic nitrogens is 2. The first-order valence-electron chi connectivity index (χ1n) is 13.2. The number of benzene rings is 2. The standard InChI is InChI=1S/C29H33FN4O3S/c1-21-4-3-14-33(21)25-9-11-27(12-10-25)38(35,36)32-15-13-23-16-28-22(17-29(23,19-32)20-37-2)18-31-34(28)26-7-5-24(30)6-8-26/h5-12,16,18,21H,3-4,13-15,17,19-20H2,1-2H3. The van der Waals surface area contributed by atoms with E-state index in [0.29, 0.717) is 43.5 Å². The minimum absolute atomic E-state index is 0.291. The molecule has 38 heavy (non-hydrogen) atoms. The maximum Gasteiger partial charge on any atom is 0.243 e. The van der Waals surface area contributed by atoms with E-state index in [9.17, 15) is 12.8 Å². The molecule has 0 bridgehead atoms. The molecule has 2 unspecified atom stereocenters. The lowest BCUT2D eigenvalue weighted by Gasteiger charge is -2.45. The minimum atomic E-state index is -3.67. The second-order valence-electron chi connectivity index (χ2n) is 10.8. The summed E-state index contributed by atoms with van der Waals surface area (Å²) in [6.07, 6.45) is 7.52. The SMILES string of the molecule is COCC12Cc3cnn(-c4ccc(F)cc4)c3C=C1CCN(S(=O)(=O)c1ccc(N3CCCC3C)cc1)C2. The molecular weight excluding hydrogens is 503 g/mol. The van der Waals surface area contributed by atoms with Gasteiger partial charge in [0.2, 0.25) is 10.0 Å². The van der Waals surface area contributed by atoms with Crippen LogP contribution in [0.25, 0.3) is 11.8 Å². The zero-order valence-electron chi connectivity index (χ0n) is 21.8. The zero-order valence-corrected chi connectivity index (χ0v) is 22.6. The van der Waals surface area contributed by atoms with Crippen molar-refractivity contribution in [2.24, 2.45) is 5.41 Å². The molecule has 9 heteroatoms. The fraction of sp³-hybridized carbons (Fsp3) is 0.414. The van der Waals surface area contributed by atoms with Gasteiger partial charge in [0.25, 0.3) is 0 Å². The molecule has 2 saturated heterocycles. The van der Waals surface area contributed by atoms with Crippen LogP contribution in [0.1, 0.15) is 37.4 Å². The van der Waals surface area contributed by atoms with Gasteiger partial charge in [0.1, 0.15) is 5.82 Å². The third-order valence-corrected chi connectivity index (χ3v) is 10.2. The molecule has 1 aliphatic carbocycles. The quantitative estimate of drug-likeness (QED) is 0.458. The number of ether oxygens (including phenoxy) is 1. The highest BCUT2D eigenvalue weighted by Crippen LogP contribution is 2.45. The van der Waals surface area contributed by atoms with Gasteiger partial charge >= 0.3 is 0 Å². The summed E-state index contributed by atoms with van der Waals surface area (Å²) in [6.45, 7) is 4.39. The average Bonchev–Trinajstić information content (AvgIpc) is 3.53. The molecule has 0 spiro atoms. The Morgan fingerprint density at radius 3 is 2.50 bits per heavy atom. The van der Waals surface area contributed by atoms with Gasteiger partial charge in [-0.2, -0.15) is 9.40 Å². The summed E-state index contributed by atoms with van der Waals surface area (Å²) in [4.78, 5) is 2.67. The molecule has 0 saturated carbocycles. The maximum absolute atomic E-state index is 13.8. The summed E-state index contributed by atoms with van der Waals surface area (Å²) in [5.41, 5.74) is 4.55. The number of fused-ring (bicyclic) bond motifs is 2. The largest absolute Gasteiger partial charge is 0.384 e. The van der Waals surface area contributed by atoms with Crippen molar-refractivity contribution in [1.29, 1.82) is 0 Å². The van der Waals surface area contributed by atoms with Crippen molar-refractivity contribution in [3.63, 3.8) is 0 Å². The van der Waals surface area contributed by atoms with Gasteiger partial charge in [-0.05, 0) is 92.8 Å². The van der Waals surface area contributed by atoms with E-state index in [1.807, 2.05) is 23.0 Å². The molecule has 3 aliphatic rings. The normalized spacial score (nSPS) is 23.7. The molecule has 6 rings (SSSR count). The number of hydrogen-bond acceptors (Lipinski definition) is 5. The van der Waals surface area contributed by atoms with Gasteiger partial charge < -0.3 is 9.64 Å². The van der Waals surface area contributed by atoms with Crippen LogP contribution in [-0.4, -0.2) is 61.9 Å². The predicted molar refractivity (Wildman–Crippen MR) is 145 cm³/mol. The molecule has 3 aromatic rings. The van der Waals surface area contributed by atoms with Crippen molar-refractivity contribution < 1.29 is 17.5 Å². The van der Waals surface area contributed by atoms with Crippen molar-refractivity contribution in [3.05, 3.63) is 77.4 Å². The summed E-state index contributed by atoms with van der Waals surface area (Å²) in [7, 11) is -2.00. The van der Waals surface area contributed by atoms with Gasteiger partial charge in [-0.25, -0.2) is 17.5 Å². The van der Waals surface area contributed by atoms with Crippen LogP contribution in [0.2, 0.25) is 0 Å². The summed E-state index contributed by atoms with van der Waals surface area (Å²) < 4.78 is 50.1. The summed E-state index contributed by atoms with van der Waals surface area (Å²) in [6, 6.07) is 14.1. The highest BCUT2D eigenvalue weighted by atomic mass is 32.2. The minimum Gasteiger partial charge on any atom is -0.384 e. The molecule has 3 heterocycles. The van der Waals surface area contributed by atoms with Crippen molar-refractivity contribution >= 4 is 21.8 Å². The lowest BCUT2D eigenvalue weighted by atomic mass is 9.69. The fourth-order valence-electron chi connectivity index (χ4n) is 6.37. The van der Waals surface area contributed by atoms with E-state index in [4.69, 9.17) is 4.74 Å². The van der Waals surface area contributed by atoms with Crippen LogP contribution in [0.4, 0.5) is 10.1 Å². The lowest BCUT2D eigenvalue weighted by Crippen LogP contribution is -2.51. The second-order valence-corrected chi connectivity index (χ2v) is 12.7. The molecule has 0 amide bonds. The van der Waals surface area contributed by atoms with Crippen LogP contribution in [-0.2, 0) is 21.2 Å². The summed E-state index contributed by atoms with van der Waals surface area (Å²) in [5, 5.41) is 4.58. The number of sulfonamides is 1. The van der Waals surface area contributed by atoms with Crippen molar-refractivity contribution in [3.8, 4) is 5.69 Å². The molecular formula is C29H33FN4O3S. The molecule has 7 nitrogen and oxygen atoms in total. The van der Waals surface area contributed by atoms with Gasteiger partial charge in [0.05, 0.1) is 29.1 Å². The smallest absolute Gasteiger partial charge is 0.243 e. The van der Waals surface area contributed by atoms with Crippen molar-refractivity contribution in [2.45, 2.75) is 43.5 Å². The number of hydrogen-bond donors (Lipinski definition) is 0. The number of piperidine rings is 1. The average molecular weight is 537 g/mol. The van der Waals surface area contributed by atoms with Gasteiger partial charge in [-0.3, -0.25) is 0 Å². The third kappa shape index (κ3) is 4.26. The molecule has 2 atom stereocenters. The first-order valence-corrected chi connectivity index (χ1v) is 14.6. The molecule has 2 fully saturated rings. The Morgan fingerprint density at radius 1 is 1.08 bits per heavy atom. The van der Waals surface area contributed by atoms with Gasteiger partial charge in [0, 0.05) is 43.9 Å². The van der Waals surface area contributed by atoms with Gasteiger partial charge in [-0.1, -0.05) is 5.57 Å². The van der Waals surface area contributed by atoms with Crippen LogP contribution in [0, 0.1) is 11.2 Å². The molecule has 1 aromatic heterocycles. The molecule has 0 N–H and O–H groups in total. The van der Waals surface area contributed by atoms with E-state index >= 15 is 0 Å². The fourth-order valence-corrected chi connectivity index (χ4v) is 7.90. The Bertz CT molecular complexity index is 1470. The highest BCUT2D eigenvalue weighted by Gasteiger charge is 2.46. The Morgan fingerprint density at radius 2 is 1.82 bits per heavy atom. The van der Waals surface area contributed by atoms with Crippen LogP contribution in [0.15, 0.2) is 65.2 Å². The first kappa shape index (κ1) is 25.3. The van der Waals surface area contributed by atoms with E-state index in [1.165, 1.54) is 17.7 Å². The van der Waals surface area contributed by atoms with E-state index in [-0.39, 0.29) is 5.82 Å². The van der Waals surface area contributed by atoms with E-state index < -0.39 is 15.4 Å². The van der Waals surface area contributed by atoms with Crippen molar-refractivity contribution in [2.75, 3.05) is 38.3 Å². The number of anilines is 1. The Hall–Kier alpha value is -3.01. The van der Waals surface area contributed by atoms with Crippen LogP contribution < -0.4 is 4.90 Å². The van der Waals surface area contributed by atoms with Crippen LogP contribution >= 0.6 is 0 Å². The number of nitrogens with zero attached hydrogens (tertiary/aromatic N) is 4. The number of halogens is 1. The van der Waals surface area contributed by atoms with E-state index in [0.717, 1.165) is 42.0 Å². The van der Waals surface area contributed by atoms with Crippen molar-refractivity contribution in [1.82, 2.24) is 14.1 Å². The van der Waals surface area contributed by atoms with Crippen LogP contribution in [0.3, 0.4) is 0 Å². The predicted octanol–water partition coefficient (Wildman–Crippen LogP) is 4.67. The third-order valence-electron chi connectivity index (χ3n) is 8.37. The first-order chi connectivity index (χ1) is 18.3. The molecule has 0 radical (unpaired) electrons. The van der Waals surface area contributed by atoms with Gasteiger partial charge in [-0.15, -0.1) is 0 Å². The number of methoxy groups -OCH3 is 1. The number of rotatable bonds is 6. The molecule has 2 aliphatic heterocycles. The molecule has 2 aromatic carbocycles. The second kappa shape index (κ2) is 9.63. The highest BCUT2D eigenvalue weighted by molar-refractivity contribution is 7.89. The lowest BCUT2D eigenvalue weighted by molar-refractivity contribution is 0.0733. The molecule has 200 valence electrons. The Balaban J connectivity index is 1.28. The van der Waals surface area contributed by atoms with Crippen LogP contribution in [0.5, 0.6) is 0 Å². The monoisotopic (exact) mass is 536 g/mol. The Kier molecular flexibility index (Phi) is 6.40. The van der Waals surface area contributed by atoms with E-state index in [1.54, 1.807) is 35.7 Å². The summed E-state index contributed by atoms with van der Waals surface area (Å²) >= 11 is 0. The maximum atomic E-state index is 13.8. The van der Waals surface area contributed by atoms with E-state index in [2.05, 4.69) is 23.0 Å². The Labute approximate surface area is 223 Å². The van der Waals surface area contributed by atoms with Gasteiger partial charge in [0.15, 0.2) is 0 Å². The zero-order chi connectivity index (χ0) is 26.5. The topological polar surface area (TPSA) is 67.7 Å².